The first-order valence-corrected chi connectivity index (χ1v) is 9.49. The quantitative estimate of drug-likeness (QED) is 0.577. The highest BCUT2D eigenvalue weighted by Crippen LogP contribution is 2.40. The van der Waals surface area contributed by atoms with Crippen molar-refractivity contribution >= 4 is 46.1 Å². The number of aromatic amines is 1. The van der Waals surface area contributed by atoms with Crippen LogP contribution in [0.4, 0.5) is 5.69 Å². The molecule has 27 heavy (non-hydrogen) atoms. The fraction of sp³-hybridized carbons (Fsp3) is 0.278. The molecule has 0 spiro atoms. The number of thioether (sulfide) groups is 1. The Morgan fingerprint density at radius 1 is 1.37 bits per heavy atom. The molecule has 2 aliphatic heterocycles. The summed E-state index contributed by atoms with van der Waals surface area (Å²) in [5.74, 6) is -1.29. The highest BCUT2D eigenvalue weighted by Gasteiger charge is 2.53. The lowest BCUT2D eigenvalue weighted by molar-refractivity contribution is -0.150. The van der Waals surface area contributed by atoms with Crippen LogP contribution in [0.5, 0.6) is 0 Å². The zero-order valence-corrected chi connectivity index (χ0v) is 15.3. The third kappa shape index (κ3) is 2.93. The second kappa shape index (κ2) is 6.66. The number of hydrogen-bond donors (Lipinski definition) is 4. The first-order valence-electron chi connectivity index (χ1n) is 8.44. The topological polar surface area (TPSA) is 115 Å². The molecular formula is C18H18N4O4S. The maximum Gasteiger partial charge on any atom is 0.352 e. The first kappa shape index (κ1) is 17.5. The van der Waals surface area contributed by atoms with Crippen molar-refractivity contribution in [2.75, 3.05) is 17.6 Å². The van der Waals surface area contributed by atoms with Crippen LogP contribution in [0.25, 0.3) is 10.9 Å². The Labute approximate surface area is 159 Å². The maximum atomic E-state index is 12.4. The SMILES string of the molecule is CC1=C(C(=O)O)N2C(=O)C(NC(=O)CNc3c[nH]c4ccccc34)[C@@H]2SC1. The number of anilines is 1. The van der Waals surface area contributed by atoms with Gasteiger partial charge in [0.2, 0.25) is 5.91 Å². The highest BCUT2D eigenvalue weighted by atomic mass is 32.2. The van der Waals surface area contributed by atoms with E-state index in [-0.39, 0.29) is 29.4 Å². The van der Waals surface area contributed by atoms with E-state index in [1.807, 2.05) is 24.3 Å². The van der Waals surface area contributed by atoms with E-state index in [1.165, 1.54) is 16.7 Å². The lowest BCUT2D eigenvalue weighted by atomic mass is 10.0. The predicted molar refractivity (Wildman–Crippen MR) is 102 cm³/mol. The van der Waals surface area contributed by atoms with E-state index in [1.54, 1.807) is 13.1 Å². The number of H-pyrrole nitrogens is 1. The second-order valence-corrected chi connectivity index (χ2v) is 7.60. The van der Waals surface area contributed by atoms with Crippen LogP contribution in [0.15, 0.2) is 41.7 Å². The Morgan fingerprint density at radius 3 is 2.93 bits per heavy atom. The van der Waals surface area contributed by atoms with Crippen LogP contribution in [0.1, 0.15) is 6.92 Å². The van der Waals surface area contributed by atoms with Gasteiger partial charge in [0.05, 0.1) is 12.2 Å². The van der Waals surface area contributed by atoms with Gasteiger partial charge in [-0.05, 0) is 18.6 Å². The molecule has 1 unspecified atom stereocenters. The van der Waals surface area contributed by atoms with Gasteiger partial charge < -0.3 is 20.7 Å². The molecule has 140 valence electrons. The van der Waals surface area contributed by atoms with Gasteiger partial charge in [-0.15, -0.1) is 11.8 Å². The molecule has 0 bridgehead atoms. The Hall–Kier alpha value is -2.94. The number of fused-ring (bicyclic) bond motifs is 2. The normalized spacial score (nSPS) is 21.7. The summed E-state index contributed by atoms with van der Waals surface area (Å²) < 4.78 is 0. The third-order valence-electron chi connectivity index (χ3n) is 4.71. The van der Waals surface area contributed by atoms with Crippen molar-refractivity contribution in [1.29, 1.82) is 0 Å². The van der Waals surface area contributed by atoms with Gasteiger partial charge in [-0.3, -0.25) is 14.5 Å². The van der Waals surface area contributed by atoms with Crippen molar-refractivity contribution in [3.05, 3.63) is 41.7 Å². The zero-order chi connectivity index (χ0) is 19.1. The minimum atomic E-state index is -1.11. The number of nitrogens with zero attached hydrogens (tertiary/aromatic N) is 1. The number of para-hydroxylation sites is 1. The molecule has 1 aromatic carbocycles. The number of β-lactam (4-membered cyclic amide) rings is 1. The van der Waals surface area contributed by atoms with Crippen LogP contribution in [-0.2, 0) is 14.4 Å². The molecule has 4 N–H and O–H groups in total. The van der Waals surface area contributed by atoms with Crippen molar-refractivity contribution in [3.8, 4) is 0 Å². The molecule has 2 aliphatic rings. The third-order valence-corrected chi connectivity index (χ3v) is 6.13. The van der Waals surface area contributed by atoms with Gasteiger partial charge >= 0.3 is 5.97 Å². The van der Waals surface area contributed by atoms with Crippen LogP contribution in [0.2, 0.25) is 0 Å². The minimum Gasteiger partial charge on any atom is -0.477 e. The van der Waals surface area contributed by atoms with E-state index in [9.17, 15) is 19.5 Å². The number of aliphatic carboxylic acids is 1. The number of aromatic nitrogens is 1. The number of carboxylic acids is 1. The number of hydrogen-bond acceptors (Lipinski definition) is 5. The van der Waals surface area contributed by atoms with E-state index in [2.05, 4.69) is 15.6 Å². The monoisotopic (exact) mass is 386 g/mol. The lowest BCUT2D eigenvalue weighted by Crippen LogP contribution is -2.70. The van der Waals surface area contributed by atoms with Gasteiger partial charge in [0.15, 0.2) is 0 Å². The van der Waals surface area contributed by atoms with Gasteiger partial charge in [0.25, 0.3) is 5.91 Å². The summed E-state index contributed by atoms with van der Waals surface area (Å²) in [7, 11) is 0. The molecule has 0 radical (unpaired) electrons. The van der Waals surface area contributed by atoms with E-state index in [4.69, 9.17) is 0 Å². The van der Waals surface area contributed by atoms with Crippen LogP contribution < -0.4 is 10.6 Å². The second-order valence-electron chi connectivity index (χ2n) is 6.49. The van der Waals surface area contributed by atoms with Crippen LogP contribution in [0, 0.1) is 0 Å². The zero-order valence-electron chi connectivity index (χ0n) is 14.5. The molecule has 2 aromatic rings. The van der Waals surface area contributed by atoms with Gasteiger partial charge in [0.1, 0.15) is 17.1 Å². The highest BCUT2D eigenvalue weighted by molar-refractivity contribution is 8.00. The maximum absolute atomic E-state index is 12.4. The molecule has 9 heteroatoms. The fourth-order valence-corrected chi connectivity index (χ4v) is 4.69. The van der Waals surface area contributed by atoms with Crippen LogP contribution >= 0.6 is 11.8 Å². The fourth-order valence-electron chi connectivity index (χ4n) is 3.39. The first-order chi connectivity index (χ1) is 13.0. The largest absolute Gasteiger partial charge is 0.477 e. The number of benzene rings is 1. The molecule has 1 fully saturated rings. The summed E-state index contributed by atoms with van der Waals surface area (Å²) in [4.78, 5) is 40.5. The van der Waals surface area contributed by atoms with E-state index in [0.717, 1.165) is 16.6 Å². The van der Waals surface area contributed by atoms with Crippen molar-refractivity contribution in [1.82, 2.24) is 15.2 Å². The summed E-state index contributed by atoms with van der Waals surface area (Å²) in [6.07, 6.45) is 1.79. The smallest absolute Gasteiger partial charge is 0.352 e. The van der Waals surface area contributed by atoms with Gasteiger partial charge in [-0.25, -0.2) is 4.79 Å². The van der Waals surface area contributed by atoms with Gasteiger partial charge in [-0.2, -0.15) is 0 Å². The Bertz CT molecular complexity index is 983. The molecule has 8 nitrogen and oxygen atoms in total. The van der Waals surface area contributed by atoms with Crippen molar-refractivity contribution in [2.45, 2.75) is 18.3 Å². The standard InChI is InChI=1S/C18H18N4O4S/c1-9-8-27-17-14(16(24)22(17)15(9)18(25)26)21-13(23)7-20-12-6-19-11-5-3-2-4-10(11)12/h2-6,14,17,19-20H,7-8H2,1H3,(H,21,23)(H,25,26)/t14?,17-/m0/s1. The molecule has 2 amide bonds. The summed E-state index contributed by atoms with van der Waals surface area (Å²) in [6.45, 7) is 1.72. The Balaban J connectivity index is 1.38. The predicted octanol–water partition coefficient (Wildman–Crippen LogP) is 1.34. The molecule has 1 saturated heterocycles. The van der Waals surface area contributed by atoms with E-state index >= 15 is 0 Å². The number of amides is 2. The molecule has 3 heterocycles. The number of carboxylic acid groups (broad SMARTS) is 1. The van der Waals surface area contributed by atoms with Gasteiger partial charge in [0, 0.05) is 22.9 Å². The molecule has 0 saturated carbocycles. The summed E-state index contributed by atoms with van der Waals surface area (Å²) >= 11 is 1.46. The molecule has 0 aliphatic carbocycles. The van der Waals surface area contributed by atoms with E-state index in [0.29, 0.717) is 11.3 Å². The number of nitrogens with one attached hydrogen (secondary N) is 3. The van der Waals surface area contributed by atoms with Crippen molar-refractivity contribution in [2.24, 2.45) is 0 Å². The van der Waals surface area contributed by atoms with Crippen LogP contribution in [-0.4, -0.2) is 56.5 Å². The summed E-state index contributed by atoms with van der Waals surface area (Å²) in [6, 6.07) is 7.03. The number of rotatable bonds is 5. The van der Waals surface area contributed by atoms with Crippen molar-refractivity contribution < 1.29 is 19.5 Å². The Kier molecular flexibility index (Phi) is 4.31. The molecule has 2 atom stereocenters. The summed E-state index contributed by atoms with van der Waals surface area (Å²) in [5, 5.41) is 15.7. The van der Waals surface area contributed by atoms with Crippen LogP contribution in [0.3, 0.4) is 0 Å². The molecule has 4 rings (SSSR count). The lowest BCUT2D eigenvalue weighted by Gasteiger charge is -2.49. The number of carbonyl (C=O) groups is 3. The van der Waals surface area contributed by atoms with Gasteiger partial charge in [-0.1, -0.05) is 18.2 Å². The van der Waals surface area contributed by atoms with E-state index < -0.39 is 12.0 Å². The van der Waals surface area contributed by atoms with Crippen molar-refractivity contribution in [3.63, 3.8) is 0 Å². The molecular weight excluding hydrogens is 368 g/mol. The minimum absolute atomic E-state index is 0.0175. The average molecular weight is 386 g/mol. The average Bonchev–Trinajstić information content (AvgIpc) is 3.07. The number of carbonyl (C=O) groups excluding carboxylic acids is 2. The Morgan fingerprint density at radius 2 is 2.15 bits per heavy atom. The molecule has 1 aromatic heterocycles. The summed E-state index contributed by atoms with van der Waals surface area (Å²) in [5.41, 5.74) is 2.46.